The van der Waals surface area contributed by atoms with Gasteiger partial charge in [-0.1, -0.05) is 0 Å². The monoisotopic (exact) mass is 303 g/mol. The maximum Gasteiger partial charge on any atom is 0.164 e. The second-order valence-electron chi connectivity index (χ2n) is 5.37. The summed E-state index contributed by atoms with van der Waals surface area (Å²) in [5.41, 5.74) is 1.07. The summed E-state index contributed by atoms with van der Waals surface area (Å²) in [7, 11) is 3.72. The molecule has 0 amide bonds. The normalized spacial score (nSPS) is 14.0. The lowest BCUT2D eigenvalue weighted by molar-refractivity contribution is 0.296. The van der Waals surface area contributed by atoms with Crippen molar-refractivity contribution in [1.29, 1.82) is 0 Å². The number of nitrogens with zero attached hydrogens (tertiary/aromatic N) is 2. The standard InChI is InChI=1S/C16H21N3O3/c1-19(11-16-17-4-5-18-16)10-12-8-14-15(9-13(12)20-2)22-7-3-6-21-14/h4-5,8-9H,3,6-7,10-11H2,1-2H3,(H,17,18). The molecule has 6 heteroatoms. The topological polar surface area (TPSA) is 59.6 Å². The first kappa shape index (κ1) is 14.7. The van der Waals surface area contributed by atoms with Crippen LogP contribution < -0.4 is 14.2 Å². The first-order valence-electron chi connectivity index (χ1n) is 7.39. The van der Waals surface area contributed by atoms with Crippen molar-refractivity contribution < 1.29 is 14.2 Å². The molecule has 2 heterocycles. The zero-order chi connectivity index (χ0) is 15.4. The van der Waals surface area contributed by atoms with Crippen molar-refractivity contribution in [2.24, 2.45) is 0 Å². The van der Waals surface area contributed by atoms with Gasteiger partial charge in [0, 0.05) is 37.0 Å². The molecule has 1 aliphatic heterocycles. The minimum absolute atomic E-state index is 0.675. The minimum Gasteiger partial charge on any atom is -0.496 e. The highest BCUT2D eigenvalue weighted by Crippen LogP contribution is 2.36. The molecule has 0 saturated heterocycles. The molecule has 0 unspecified atom stereocenters. The lowest BCUT2D eigenvalue weighted by Crippen LogP contribution is -2.18. The molecule has 0 fully saturated rings. The second-order valence-corrected chi connectivity index (χ2v) is 5.37. The number of nitrogens with one attached hydrogen (secondary N) is 1. The number of aromatic nitrogens is 2. The molecule has 3 rings (SSSR count). The Kier molecular flexibility index (Phi) is 4.48. The van der Waals surface area contributed by atoms with Crippen molar-refractivity contribution in [3.05, 3.63) is 35.9 Å². The third-order valence-electron chi connectivity index (χ3n) is 3.57. The molecule has 0 radical (unpaired) electrons. The van der Waals surface area contributed by atoms with Crippen LogP contribution in [0, 0.1) is 0 Å². The molecular weight excluding hydrogens is 282 g/mol. The third kappa shape index (κ3) is 3.33. The largest absolute Gasteiger partial charge is 0.496 e. The molecule has 118 valence electrons. The number of H-pyrrole nitrogens is 1. The van der Waals surface area contributed by atoms with Crippen LogP contribution in [0.3, 0.4) is 0 Å². The van der Waals surface area contributed by atoms with Crippen LogP contribution in [0.4, 0.5) is 0 Å². The van der Waals surface area contributed by atoms with Gasteiger partial charge in [0.15, 0.2) is 11.5 Å². The molecule has 1 aromatic heterocycles. The van der Waals surface area contributed by atoms with Crippen LogP contribution in [0.1, 0.15) is 17.8 Å². The minimum atomic E-state index is 0.675. The van der Waals surface area contributed by atoms with E-state index in [-0.39, 0.29) is 0 Å². The van der Waals surface area contributed by atoms with Crippen LogP contribution in [-0.2, 0) is 13.1 Å². The highest BCUT2D eigenvalue weighted by atomic mass is 16.5. The van der Waals surface area contributed by atoms with Crippen LogP contribution in [-0.4, -0.2) is 42.2 Å². The van der Waals surface area contributed by atoms with Gasteiger partial charge in [-0.3, -0.25) is 4.90 Å². The number of imidazole rings is 1. The molecule has 0 bridgehead atoms. The Labute approximate surface area is 130 Å². The summed E-state index contributed by atoms with van der Waals surface area (Å²) in [6.07, 6.45) is 4.49. The smallest absolute Gasteiger partial charge is 0.164 e. The predicted octanol–water partition coefficient (Wildman–Crippen LogP) is 2.21. The molecule has 0 saturated carbocycles. The van der Waals surface area contributed by atoms with Gasteiger partial charge in [-0.05, 0) is 13.1 Å². The molecule has 2 aromatic rings. The summed E-state index contributed by atoms with van der Waals surface area (Å²) in [5.74, 6) is 3.30. The Hall–Kier alpha value is -2.21. The van der Waals surface area contributed by atoms with E-state index in [1.54, 1.807) is 13.3 Å². The van der Waals surface area contributed by atoms with E-state index in [9.17, 15) is 0 Å². The fraction of sp³-hybridized carbons (Fsp3) is 0.438. The number of ether oxygens (including phenoxy) is 3. The number of aromatic amines is 1. The number of fused-ring (bicyclic) bond motifs is 1. The van der Waals surface area contributed by atoms with Gasteiger partial charge in [-0.15, -0.1) is 0 Å². The van der Waals surface area contributed by atoms with E-state index in [2.05, 4.69) is 14.9 Å². The average Bonchev–Trinajstić information content (AvgIpc) is 2.90. The van der Waals surface area contributed by atoms with Crippen LogP contribution >= 0.6 is 0 Å². The summed E-state index contributed by atoms with van der Waals surface area (Å²) in [4.78, 5) is 9.53. The SMILES string of the molecule is COc1cc2c(cc1CN(C)Cc1ncc[nH]1)OCCCO2. The number of methoxy groups -OCH3 is 1. The quantitative estimate of drug-likeness (QED) is 0.917. The maximum absolute atomic E-state index is 5.76. The highest BCUT2D eigenvalue weighted by Gasteiger charge is 2.16. The summed E-state index contributed by atoms with van der Waals surface area (Å²) in [6, 6.07) is 3.93. The number of hydrogen-bond acceptors (Lipinski definition) is 5. The number of rotatable bonds is 5. The van der Waals surface area contributed by atoms with Gasteiger partial charge in [-0.25, -0.2) is 4.98 Å². The summed E-state index contributed by atoms with van der Waals surface area (Å²) in [5, 5.41) is 0. The summed E-state index contributed by atoms with van der Waals surface area (Å²) >= 11 is 0. The fourth-order valence-electron chi connectivity index (χ4n) is 2.53. The average molecular weight is 303 g/mol. The molecular formula is C16H21N3O3. The maximum atomic E-state index is 5.76. The molecule has 0 spiro atoms. The molecule has 1 aromatic carbocycles. The van der Waals surface area contributed by atoms with E-state index < -0.39 is 0 Å². The molecule has 0 atom stereocenters. The van der Waals surface area contributed by atoms with Crippen LogP contribution in [0.25, 0.3) is 0 Å². The van der Waals surface area contributed by atoms with E-state index in [0.29, 0.717) is 13.2 Å². The molecule has 22 heavy (non-hydrogen) atoms. The van der Waals surface area contributed by atoms with Gasteiger partial charge in [0.25, 0.3) is 0 Å². The third-order valence-corrected chi connectivity index (χ3v) is 3.57. The van der Waals surface area contributed by atoms with E-state index in [0.717, 1.165) is 48.1 Å². The van der Waals surface area contributed by atoms with Crippen LogP contribution in [0.15, 0.2) is 24.5 Å². The fourth-order valence-corrected chi connectivity index (χ4v) is 2.53. The lowest BCUT2D eigenvalue weighted by atomic mass is 10.1. The number of hydrogen-bond donors (Lipinski definition) is 1. The predicted molar refractivity (Wildman–Crippen MR) is 82.4 cm³/mol. The van der Waals surface area contributed by atoms with Crippen molar-refractivity contribution >= 4 is 0 Å². The molecule has 6 nitrogen and oxygen atoms in total. The summed E-state index contributed by atoms with van der Waals surface area (Å²) in [6.45, 7) is 2.83. The van der Waals surface area contributed by atoms with E-state index in [1.165, 1.54) is 0 Å². The Morgan fingerprint density at radius 3 is 2.68 bits per heavy atom. The van der Waals surface area contributed by atoms with Gasteiger partial charge in [-0.2, -0.15) is 0 Å². The van der Waals surface area contributed by atoms with Crippen LogP contribution in [0.2, 0.25) is 0 Å². The van der Waals surface area contributed by atoms with E-state index >= 15 is 0 Å². The number of benzene rings is 1. The van der Waals surface area contributed by atoms with Gasteiger partial charge >= 0.3 is 0 Å². The van der Waals surface area contributed by atoms with E-state index in [1.807, 2.05) is 25.4 Å². The first-order valence-corrected chi connectivity index (χ1v) is 7.39. The molecule has 1 aliphatic rings. The van der Waals surface area contributed by atoms with Crippen molar-refractivity contribution in [2.75, 3.05) is 27.4 Å². The second kappa shape index (κ2) is 6.70. The molecule has 0 aliphatic carbocycles. The summed E-state index contributed by atoms with van der Waals surface area (Å²) < 4.78 is 17.0. The van der Waals surface area contributed by atoms with Crippen molar-refractivity contribution in [3.63, 3.8) is 0 Å². The Bertz CT molecular complexity index is 613. The zero-order valence-corrected chi connectivity index (χ0v) is 13.0. The Morgan fingerprint density at radius 2 is 2.00 bits per heavy atom. The van der Waals surface area contributed by atoms with Crippen molar-refractivity contribution in [1.82, 2.24) is 14.9 Å². The van der Waals surface area contributed by atoms with Gasteiger partial charge in [0.05, 0.1) is 26.9 Å². The van der Waals surface area contributed by atoms with Crippen molar-refractivity contribution in [3.8, 4) is 17.2 Å². The van der Waals surface area contributed by atoms with Gasteiger partial charge < -0.3 is 19.2 Å². The Balaban J connectivity index is 1.78. The van der Waals surface area contributed by atoms with Gasteiger partial charge in [0.2, 0.25) is 0 Å². The molecule has 1 N–H and O–H groups in total. The van der Waals surface area contributed by atoms with Crippen LogP contribution in [0.5, 0.6) is 17.2 Å². The van der Waals surface area contributed by atoms with Crippen molar-refractivity contribution in [2.45, 2.75) is 19.5 Å². The first-order chi connectivity index (χ1) is 10.8. The Morgan fingerprint density at radius 1 is 1.23 bits per heavy atom. The van der Waals surface area contributed by atoms with E-state index in [4.69, 9.17) is 14.2 Å². The lowest BCUT2D eigenvalue weighted by Gasteiger charge is -2.19. The van der Waals surface area contributed by atoms with Gasteiger partial charge in [0.1, 0.15) is 11.6 Å². The highest BCUT2D eigenvalue weighted by molar-refractivity contribution is 5.51. The zero-order valence-electron chi connectivity index (χ0n) is 13.0.